The first-order valence-corrected chi connectivity index (χ1v) is 9.63. The Morgan fingerprint density at radius 1 is 1.32 bits per heavy atom. The number of thiophene rings is 1. The van der Waals surface area contributed by atoms with E-state index in [1.54, 1.807) is 29.2 Å². The topological polar surface area (TPSA) is 88.3 Å². The maximum Gasteiger partial charge on any atom is 0.261 e. The smallest absolute Gasteiger partial charge is 0.261 e. The second-order valence-corrected chi connectivity index (χ2v) is 7.46. The minimum atomic E-state index is -0.306. The molecule has 0 aliphatic carbocycles. The summed E-state index contributed by atoms with van der Waals surface area (Å²) >= 11 is 1.35. The van der Waals surface area contributed by atoms with Crippen molar-refractivity contribution in [2.75, 3.05) is 6.54 Å². The summed E-state index contributed by atoms with van der Waals surface area (Å²) in [5.74, 6) is 0.0703. The summed E-state index contributed by atoms with van der Waals surface area (Å²) in [5, 5.41) is 8.52. The Balaban J connectivity index is 1.34. The molecule has 0 radical (unpaired) electrons. The molecule has 3 aromatic rings. The number of nitrogens with zero attached hydrogens (tertiary/aromatic N) is 3. The lowest BCUT2D eigenvalue weighted by molar-refractivity contribution is -0.128. The van der Waals surface area contributed by atoms with Gasteiger partial charge in [0.1, 0.15) is 5.82 Å². The van der Waals surface area contributed by atoms with Gasteiger partial charge in [0.05, 0.1) is 11.4 Å². The van der Waals surface area contributed by atoms with Crippen LogP contribution in [-0.4, -0.2) is 33.4 Å². The number of amides is 2. The van der Waals surface area contributed by atoms with E-state index in [0.717, 1.165) is 5.56 Å². The van der Waals surface area contributed by atoms with E-state index in [1.165, 1.54) is 23.5 Å². The summed E-state index contributed by atoms with van der Waals surface area (Å²) < 4.78 is 18.2. The Morgan fingerprint density at radius 3 is 2.89 bits per heavy atom. The maximum absolute atomic E-state index is 13.0. The van der Waals surface area contributed by atoms with Gasteiger partial charge in [0.15, 0.2) is 5.82 Å². The molecule has 1 N–H and O–H groups in total. The molecule has 0 unspecified atom stereocenters. The lowest BCUT2D eigenvalue weighted by Gasteiger charge is -2.16. The molecular formula is C19H17FN4O3S. The molecule has 28 heavy (non-hydrogen) atoms. The second kappa shape index (κ2) is 7.89. The zero-order chi connectivity index (χ0) is 19.5. The maximum atomic E-state index is 13.0. The van der Waals surface area contributed by atoms with Crippen molar-refractivity contribution in [3.8, 4) is 0 Å². The van der Waals surface area contributed by atoms with Crippen LogP contribution >= 0.6 is 11.3 Å². The predicted molar refractivity (Wildman–Crippen MR) is 99.0 cm³/mol. The van der Waals surface area contributed by atoms with E-state index in [9.17, 15) is 14.0 Å². The monoisotopic (exact) mass is 400 g/mol. The molecule has 0 bridgehead atoms. The summed E-state index contributed by atoms with van der Waals surface area (Å²) in [7, 11) is 0. The third-order valence-corrected chi connectivity index (χ3v) is 5.36. The van der Waals surface area contributed by atoms with Gasteiger partial charge in [-0.05, 0) is 29.1 Å². The van der Waals surface area contributed by atoms with Crippen LogP contribution in [0.1, 0.15) is 39.3 Å². The van der Waals surface area contributed by atoms with Gasteiger partial charge in [-0.25, -0.2) is 4.39 Å². The van der Waals surface area contributed by atoms with Gasteiger partial charge >= 0.3 is 0 Å². The van der Waals surface area contributed by atoms with Crippen LogP contribution in [0.3, 0.4) is 0 Å². The van der Waals surface area contributed by atoms with Gasteiger partial charge in [0.25, 0.3) is 5.91 Å². The molecule has 4 rings (SSSR count). The molecule has 3 heterocycles. The molecule has 7 nitrogen and oxygen atoms in total. The van der Waals surface area contributed by atoms with Crippen LogP contribution in [0.25, 0.3) is 0 Å². The molecule has 9 heteroatoms. The van der Waals surface area contributed by atoms with Crippen molar-refractivity contribution in [1.82, 2.24) is 20.4 Å². The van der Waals surface area contributed by atoms with Gasteiger partial charge in [-0.1, -0.05) is 23.4 Å². The van der Waals surface area contributed by atoms with E-state index in [-0.39, 0.29) is 30.1 Å². The normalized spacial score (nSPS) is 16.5. The zero-order valence-corrected chi connectivity index (χ0v) is 15.6. The van der Waals surface area contributed by atoms with Gasteiger partial charge in [-0.15, -0.1) is 11.3 Å². The molecular weight excluding hydrogens is 383 g/mol. The average molecular weight is 400 g/mol. The first-order valence-electron chi connectivity index (χ1n) is 8.75. The summed E-state index contributed by atoms with van der Waals surface area (Å²) in [6, 6.07) is 9.63. The number of hydrogen-bond donors (Lipinski definition) is 1. The van der Waals surface area contributed by atoms with Gasteiger partial charge < -0.3 is 14.7 Å². The predicted octanol–water partition coefficient (Wildman–Crippen LogP) is 2.72. The van der Waals surface area contributed by atoms with E-state index in [0.29, 0.717) is 36.1 Å². The van der Waals surface area contributed by atoms with Crippen LogP contribution in [0.4, 0.5) is 4.39 Å². The number of likely N-dealkylation sites (tertiary alicyclic amines) is 1. The van der Waals surface area contributed by atoms with Crippen LogP contribution in [-0.2, 0) is 17.9 Å². The first-order chi connectivity index (χ1) is 13.6. The van der Waals surface area contributed by atoms with Gasteiger partial charge in [0, 0.05) is 25.4 Å². The fraction of sp³-hybridized carbons (Fsp3) is 0.263. The molecule has 0 saturated carbocycles. The van der Waals surface area contributed by atoms with Gasteiger partial charge in [-0.2, -0.15) is 4.98 Å². The quantitative estimate of drug-likeness (QED) is 0.687. The summed E-state index contributed by atoms with van der Waals surface area (Å²) in [6.45, 7) is 1.01. The van der Waals surface area contributed by atoms with Crippen molar-refractivity contribution >= 4 is 23.2 Å². The molecule has 1 aliphatic rings. The number of carbonyl (C=O) groups excluding carboxylic acids is 2. The van der Waals surface area contributed by atoms with E-state index in [1.807, 2.05) is 5.38 Å². The van der Waals surface area contributed by atoms with E-state index in [4.69, 9.17) is 4.52 Å². The average Bonchev–Trinajstić information content (AvgIpc) is 3.43. The Labute approximate surface area is 164 Å². The summed E-state index contributed by atoms with van der Waals surface area (Å²) in [6.07, 6.45) is 0.293. The van der Waals surface area contributed by atoms with E-state index < -0.39 is 0 Å². The number of carbonyl (C=O) groups is 2. The Morgan fingerprint density at radius 2 is 2.14 bits per heavy atom. The Hall–Kier alpha value is -3.07. The number of benzene rings is 1. The highest BCUT2D eigenvalue weighted by Crippen LogP contribution is 2.27. The van der Waals surface area contributed by atoms with Crippen molar-refractivity contribution in [2.24, 2.45) is 0 Å². The number of halogens is 1. The Bertz CT molecular complexity index is 971. The molecule has 2 aromatic heterocycles. The Kier molecular flexibility index (Phi) is 5.16. The van der Waals surface area contributed by atoms with Crippen molar-refractivity contribution in [3.05, 3.63) is 69.8 Å². The van der Waals surface area contributed by atoms with Crippen molar-refractivity contribution in [2.45, 2.75) is 25.4 Å². The minimum absolute atomic E-state index is 0.00771. The van der Waals surface area contributed by atoms with Crippen LogP contribution < -0.4 is 5.32 Å². The third kappa shape index (κ3) is 4.09. The highest BCUT2D eigenvalue weighted by molar-refractivity contribution is 7.12. The summed E-state index contributed by atoms with van der Waals surface area (Å²) in [5.41, 5.74) is 0.862. The van der Waals surface area contributed by atoms with Crippen LogP contribution in [0, 0.1) is 5.82 Å². The van der Waals surface area contributed by atoms with Crippen molar-refractivity contribution in [3.63, 3.8) is 0 Å². The summed E-state index contributed by atoms with van der Waals surface area (Å²) in [4.78, 5) is 30.9. The van der Waals surface area contributed by atoms with Crippen LogP contribution in [0.15, 0.2) is 46.3 Å². The molecule has 144 valence electrons. The van der Waals surface area contributed by atoms with Crippen LogP contribution in [0.2, 0.25) is 0 Å². The van der Waals surface area contributed by atoms with Gasteiger partial charge in [-0.3, -0.25) is 9.59 Å². The standard InChI is InChI=1S/C19H17FN4O3S/c20-14-5-3-12(4-6-14)10-24-11-13(8-17(24)25)18-22-16(27-23-18)9-21-19(26)15-2-1-7-28-15/h1-7,13H,8-11H2,(H,21,26)/t13-/m1/s1. The minimum Gasteiger partial charge on any atom is -0.342 e. The number of nitrogens with one attached hydrogen (secondary N) is 1. The van der Waals surface area contributed by atoms with E-state index in [2.05, 4.69) is 15.5 Å². The zero-order valence-electron chi connectivity index (χ0n) is 14.8. The van der Waals surface area contributed by atoms with E-state index >= 15 is 0 Å². The highest BCUT2D eigenvalue weighted by atomic mass is 32.1. The molecule has 2 amide bonds. The number of hydrogen-bond acceptors (Lipinski definition) is 6. The lowest BCUT2D eigenvalue weighted by atomic mass is 10.1. The van der Waals surface area contributed by atoms with Gasteiger partial charge in [0.2, 0.25) is 11.8 Å². The molecule has 1 saturated heterocycles. The molecule has 1 aliphatic heterocycles. The van der Waals surface area contributed by atoms with Crippen LogP contribution in [0.5, 0.6) is 0 Å². The van der Waals surface area contributed by atoms with Crippen molar-refractivity contribution < 1.29 is 18.5 Å². The second-order valence-electron chi connectivity index (χ2n) is 6.51. The molecule has 1 fully saturated rings. The molecule has 1 atom stereocenters. The molecule has 1 aromatic carbocycles. The third-order valence-electron chi connectivity index (χ3n) is 4.50. The SMILES string of the molecule is O=C(NCc1nc([C@@H]2CC(=O)N(Cc3ccc(F)cc3)C2)no1)c1cccs1. The fourth-order valence-corrected chi connectivity index (χ4v) is 3.70. The largest absolute Gasteiger partial charge is 0.342 e. The number of aromatic nitrogens is 2. The highest BCUT2D eigenvalue weighted by Gasteiger charge is 2.33. The van der Waals surface area contributed by atoms with Crippen molar-refractivity contribution in [1.29, 1.82) is 0 Å². The fourth-order valence-electron chi connectivity index (χ4n) is 3.06. The first kappa shape index (κ1) is 18.3. The lowest BCUT2D eigenvalue weighted by Crippen LogP contribution is -2.24. The molecule has 0 spiro atoms. The number of rotatable bonds is 6.